The Morgan fingerprint density at radius 3 is 1.23 bits per heavy atom. The second-order valence-corrected chi connectivity index (χ2v) is 7.88. The fraction of sp³-hybridized carbons (Fsp3) is 1.00. The molecule has 0 bridgehead atoms. The molecule has 1 nitrogen and oxygen atoms in total. The van der Waals surface area contributed by atoms with Crippen LogP contribution in [-0.2, 0) is 0 Å². The van der Waals surface area contributed by atoms with Gasteiger partial charge in [-0.05, 0) is 28.8 Å². The van der Waals surface area contributed by atoms with Crippen LogP contribution in [0.25, 0.3) is 0 Å². The Morgan fingerprint density at radius 2 is 0.909 bits per heavy atom. The summed E-state index contributed by atoms with van der Waals surface area (Å²) in [6, 6.07) is 0. The molecule has 0 radical (unpaired) electrons. The van der Waals surface area contributed by atoms with Crippen LogP contribution in [0.2, 0.25) is 0 Å². The molecule has 0 aliphatic carbocycles. The molecular formula is C19H41Br2N. The highest BCUT2D eigenvalue weighted by Crippen LogP contribution is 2.13. The summed E-state index contributed by atoms with van der Waals surface area (Å²) in [5.74, 6) is 0. The monoisotopic (exact) mass is 441 g/mol. The summed E-state index contributed by atoms with van der Waals surface area (Å²) in [7, 11) is 4.61. The summed E-state index contributed by atoms with van der Waals surface area (Å²) in [5, 5.41) is 0. The zero-order valence-electron chi connectivity index (χ0n) is 15.5. The molecule has 0 heterocycles. The molecule has 0 aromatic rings. The van der Waals surface area contributed by atoms with Crippen LogP contribution in [0.15, 0.2) is 0 Å². The van der Waals surface area contributed by atoms with E-state index in [1.807, 2.05) is 0 Å². The Hall–Kier alpha value is 0.920. The van der Waals surface area contributed by atoms with E-state index in [9.17, 15) is 0 Å². The van der Waals surface area contributed by atoms with E-state index in [2.05, 4.69) is 36.9 Å². The lowest BCUT2D eigenvalue weighted by Crippen LogP contribution is -3.00. The number of hydrogen-bond acceptors (Lipinski definition) is 0. The number of alkyl halides is 1. The van der Waals surface area contributed by atoms with Gasteiger partial charge in [-0.15, -0.1) is 0 Å². The summed E-state index contributed by atoms with van der Waals surface area (Å²) in [4.78, 5) is 0. The van der Waals surface area contributed by atoms with Crippen LogP contribution in [0, 0.1) is 0 Å². The van der Waals surface area contributed by atoms with Gasteiger partial charge in [0.05, 0.1) is 20.6 Å². The third-order valence-electron chi connectivity index (χ3n) is 4.44. The molecule has 0 fully saturated rings. The van der Waals surface area contributed by atoms with Crippen molar-refractivity contribution in [2.75, 3.05) is 26.1 Å². The molecule has 136 valence electrons. The molecule has 0 saturated heterocycles. The molecule has 0 aromatic carbocycles. The van der Waals surface area contributed by atoms with Gasteiger partial charge in [0, 0.05) is 0 Å². The second kappa shape index (κ2) is 18.3. The smallest absolute Gasteiger partial charge is 0.133 e. The fourth-order valence-corrected chi connectivity index (χ4v) is 3.04. The first-order chi connectivity index (χ1) is 10.1. The Kier molecular flexibility index (Phi) is 20.9. The third-order valence-corrected chi connectivity index (χ3v) is 5.80. The van der Waals surface area contributed by atoms with E-state index in [1.54, 1.807) is 0 Å². The second-order valence-electron chi connectivity index (χ2n) is 7.38. The van der Waals surface area contributed by atoms with E-state index in [0.29, 0.717) is 0 Å². The van der Waals surface area contributed by atoms with E-state index >= 15 is 0 Å². The minimum absolute atomic E-state index is 0. The molecule has 0 atom stereocenters. The van der Waals surface area contributed by atoms with Gasteiger partial charge in [0.25, 0.3) is 0 Å². The zero-order chi connectivity index (χ0) is 15.8. The number of hydrogen-bond donors (Lipinski definition) is 0. The van der Waals surface area contributed by atoms with Crippen LogP contribution in [-0.4, -0.2) is 30.6 Å². The summed E-state index contributed by atoms with van der Waals surface area (Å²) >= 11 is 3.58. The maximum Gasteiger partial charge on any atom is 0.133 e. The van der Waals surface area contributed by atoms with E-state index in [0.717, 1.165) is 9.94 Å². The Morgan fingerprint density at radius 1 is 0.591 bits per heavy atom. The maximum atomic E-state index is 3.58. The first-order valence-electron chi connectivity index (χ1n) is 9.50. The molecule has 0 unspecified atom stereocenters. The lowest BCUT2D eigenvalue weighted by atomic mass is 10.0. The normalized spacial score (nSPS) is 11.5. The number of halogens is 2. The van der Waals surface area contributed by atoms with Crippen LogP contribution in [0.4, 0.5) is 0 Å². The molecule has 0 saturated carbocycles. The highest BCUT2D eigenvalue weighted by Gasteiger charge is 2.10. The fourth-order valence-electron chi connectivity index (χ4n) is 2.79. The molecule has 0 rings (SSSR count). The van der Waals surface area contributed by atoms with Gasteiger partial charge in [-0.1, -0.05) is 84.0 Å². The SMILES string of the molecule is CCCCCCCCCCCCCCCC[N+](C)(C)CBr.[Br-]. The molecule has 0 aromatic heterocycles. The average Bonchev–Trinajstić information content (AvgIpc) is 2.47. The highest BCUT2D eigenvalue weighted by molar-refractivity contribution is 9.09. The lowest BCUT2D eigenvalue weighted by Gasteiger charge is -2.26. The van der Waals surface area contributed by atoms with Crippen LogP contribution in [0.3, 0.4) is 0 Å². The molecular weight excluding hydrogens is 402 g/mol. The van der Waals surface area contributed by atoms with E-state index in [-0.39, 0.29) is 17.0 Å². The largest absolute Gasteiger partial charge is 1.00 e. The Bertz CT molecular complexity index is 208. The van der Waals surface area contributed by atoms with Crippen molar-refractivity contribution in [1.82, 2.24) is 0 Å². The Labute approximate surface area is 160 Å². The maximum absolute atomic E-state index is 3.58. The van der Waals surface area contributed by atoms with E-state index in [4.69, 9.17) is 0 Å². The van der Waals surface area contributed by atoms with Crippen LogP contribution < -0.4 is 17.0 Å². The number of unbranched alkanes of at least 4 members (excludes halogenated alkanes) is 13. The van der Waals surface area contributed by atoms with Crippen molar-refractivity contribution >= 4 is 15.9 Å². The summed E-state index contributed by atoms with van der Waals surface area (Å²) < 4.78 is 1.11. The zero-order valence-corrected chi connectivity index (χ0v) is 18.7. The summed E-state index contributed by atoms with van der Waals surface area (Å²) in [5.41, 5.74) is 1.07. The average molecular weight is 443 g/mol. The van der Waals surface area contributed by atoms with Crippen molar-refractivity contribution < 1.29 is 21.5 Å². The number of quaternary nitrogens is 1. The molecule has 0 aliphatic heterocycles. The van der Waals surface area contributed by atoms with Gasteiger partial charge in [-0.2, -0.15) is 0 Å². The first-order valence-corrected chi connectivity index (χ1v) is 10.6. The van der Waals surface area contributed by atoms with Gasteiger partial charge in [0.15, 0.2) is 0 Å². The first kappa shape index (κ1) is 25.2. The van der Waals surface area contributed by atoms with Gasteiger partial charge in [0.1, 0.15) is 5.45 Å². The molecule has 0 N–H and O–H groups in total. The summed E-state index contributed by atoms with van der Waals surface area (Å²) in [6.45, 7) is 3.60. The van der Waals surface area contributed by atoms with Gasteiger partial charge in [-0.25, -0.2) is 0 Å². The lowest BCUT2D eigenvalue weighted by molar-refractivity contribution is -0.876. The summed E-state index contributed by atoms with van der Waals surface area (Å²) in [6.07, 6.45) is 20.3. The van der Waals surface area contributed by atoms with Crippen molar-refractivity contribution in [2.24, 2.45) is 0 Å². The molecule has 22 heavy (non-hydrogen) atoms. The standard InChI is InChI=1S/C19H41BrN.BrH/c1-4-5-6-7-8-9-10-11-12-13-14-15-16-17-18-21(2,3)19-20;/h4-19H2,1-3H3;1H/q+1;/p-1. The van der Waals surface area contributed by atoms with Crippen molar-refractivity contribution in [3.05, 3.63) is 0 Å². The quantitative estimate of drug-likeness (QED) is 0.147. The number of rotatable bonds is 16. The molecule has 3 heteroatoms. The van der Waals surface area contributed by atoms with Crippen LogP contribution in [0.1, 0.15) is 96.8 Å². The topological polar surface area (TPSA) is 0 Å². The molecule has 0 aliphatic rings. The van der Waals surface area contributed by atoms with Gasteiger partial charge in [0.2, 0.25) is 0 Å². The minimum atomic E-state index is 0. The molecule has 0 spiro atoms. The van der Waals surface area contributed by atoms with Crippen molar-refractivity contribution in [3.8, 4) is 0 Å². The van der Waals surface area contributed by atoms with E-state index in [1.165, 1.54) is 96.4 Å². The van der Waals surface area contributed by atoms with Crippen LogP contribution >= 0.6 is 15.9 Å². The minimum Gasteiger partial charge on any atom is -1.00 e. The third kappa shape index (κ3) is 19.0. The predicted molar refractivity (Wildman–Crippen MR) is 101 cm³/mol. The Balaban J connectivity index is 0. The predicted octanol–water partition coefficient (Wildman–Crippen LogP) is 3.90. The van der Waals surface area contributed by atoms with E-state index < -0.39 is 0 Å². The van der Waals surface area contributed by atoms with Gasteiger partial charge in [-0.3, -0.25) is 0 Å². The van der Waals surface area contributed by atoms with Crippen molar-refractivity contribution in [2.45, 2.75) is 96.8 Å². The van der Waals surface area contributed by atoms with Gasteiger partial charge < -0.3 is 21.5 Å². The van der Waals surface area contributed by atoms with Gasteiger partial charge >= 0.3 is 0 Å². The number of nitrogens with zero attached hydrogens (tertiary/aromatic N) is 1. The highest BCUT2D eigenvalue weighted by atomic mass is 79.9. The molecule has 0 amide bonds. The van der Waals surface area contributed by atoms with Crippen LogP contribution in [0.5, 0.6) is 0 Å². The van der Waals surface area contributed by atoms with Crippen molar-refractivity contribution in [3.63, 3.8) is 0 Å². The van der Waals surface area contributed by atoms with Crippen molar-refractivity contribution in [1.29, 1.82) is 0 Å².